The zero-order chi connectivity index (χ0) is 18.9. The molecule has 142 valence electrons. The number of aryl methyl sites for hydroxylation is 1. The average Bonchev–Trinajstić information content (AvgIpc) is 2.71. The molecular weight excluding hydrogens is 344 g/mol. The van der Waals surface area contributed by atoms with Crippen molar-refractivity contribution in [2.75, 3.05) is 26.3 Å². The third-order valence-corrected chi connectivity index (χ3v) is 4.24. The zero-order valence-corrected chi connectivity index (χ0v) is 15.2. The van der Waals surface area contributed by atoms with Gasteiger partial charge in [0, 0.05) is 25.1 Å². The van der Waals surface area contributed by atoms with E-state index in [9.17, 15) is 9.59 Å². The van der Waals surface area contributed by atoms with Crippen molar-refractivity contribution in [1.82, 2.24) is 10.6 Å². The van der Waals surface area contributed by atoms with Gasteiger partial charge in [0.25, 0.3) is 5.91 Å². The van der Waals surface area contributed by atoms with E-state index in [-0.39, 0.29) is 11.8 Å². The van der Waals surface area contributed by atoms with Crippen molar-refractivity contribution in [3.8, 4) is 11.5 Å². The van der Waals surface area contributed by atoms with Gasteiger partial charge in [-0.25, -0.2) is 0 Å². The quantitative estimate of drug-likeness (QED) is 0.701. The molecule has 0 fully saturated rings. The van der Waals surface area contributed by atoms with Crippen molar-refractivity contribution in [2.45, 2.75) is 19.3 Å². The fraction of sp³-hybridized carbons (Fsp3) is 0.333. The second-order valence-electron chi connectivity index (χ2n) is 6.30. The van der Waals surface area contributed by atoms with Gasteiger partial charge in [0.05, 0.1) is 0 Å². The van der Waals surface area contributed by atoms with Crippen molar-refractivity contribution in [1.29, 1.82) is 0 Å². The second-order valence-corrected chi connectivity index (χ2v) is 6.30. The van der Waals surface area contributed by atoms with Gasteiger partial charge in [0.2, 0.25) is 5.91 Å². The molecule has 0 saturated heterocycles. The Labute approximate surface area is 158 Å². The molecule has 0 aromatic heterocycles. The summed E-state index contributed by atoms with van der Waals surface area (Å²) in [6, 6.07) is 14.9. The second kappa shape index (κ2) is 9.62. The minimum Gasteiger partial charge on any atom is -0.486 e. The number of carbonyl (C=O) groups excluding carboxylic acids is 2. The van der Waals surface area contributed by atoms with E-state index in [0.717, 1.165) is 29.9 Å². The Morgan fingerprint density at radius 3 is 2.44 bits per heavy atom. The predicted molar refractivity (Wildman–Crippen MR) is 102 cm³/mol. The van der Waals surface area contributed by atoms with Crippen LogP contribution in [-0.4, -0.2) is 38.1 Å². The van der Waals surface area contributed by atoms with Crippen LogP contribution in [0.2, 0.25) is 0 Å². The summed E-state index contributed by atoms with van der Waals surface area (Å²) in [5.41, 5.74) is 1.74. The van der Waals surface area contributed by atoms with E-state index in [0.29, 0.717) is 38.3 Å². The molecule has 2 aromatic rings. The summed E-state index contributed by atoms with van der Waals surface area (Å²) in [6.07, 6.45) is 2.00. The summed E-state index contributed by atoms with van der Waals surface area (Å²) in [5.74, 6) is 1.41. The molecule has 0 spiro atoms. The molecule has 1 heterocycles. The van der Waals surface area contributed by atoms with E-state index in [1.807, 2.05) is 36.4 Å². The normalized spacial score (nSPS) is 12.3. The highest BCUT2D eigenvalue weighted by molar-refractivity contribution is 5.94. The number of carbonyl (C=O) groups is 2. The van der Waals surface area contributed by atoms with Crippen LogP contribution < -0.4 is 20.1 Å². The maximum Gasteiger partial charge on any atom is 0.251 e. The maximum absolute atomic E-state index is 11.9. The topological polar surface area (TPSA) is 76.7 Å². The minimum atomic E-state index is -0.136. The van der Waals surface area contributed by atoms with Gasteiger partial charge in [-0.2, -0.15) is 0 Å². The molecule has 2 aromatic carbocycles. The van der Waals surface area contributed by atoms with Crippen LogP contribution in [0.5, 0.6) is 11.5 Å². The van der Waals surface area contributed by atoms with Crippen molar-refractivity contribution < 1.29 is 19.1 Å². The summed E-state index contributed by atoms with van der Waals surface area (Å²) < 4.78 is 11.1. The molecule has 0 unspecified atom stereocenters. The van der Waals surface area contributed by atoms with Crippen LogP contribution in [0.1, 0.15) is 28.8 Å². The molecule has 1 aliphatic rings. The van der Waals surface area contributed by atoms with Gasteiger partial charge < -0.3 is 20.1 Å². The summed E-state index contributed by atoms with van der Waals surface area (Å²) in [7, 11) is 0. The Hall–Kier alpha value is -3.02. The predicted octanol–water partition coefficient (Wildman–Crippen LogP) is 2.33. The van der Waals surface area contributed by atoms with Crippen LogP contribution in [-0.2, 0) is 11.2 Å². The van der Waals surface area contributed by atoms with E-state index >= 15 is 0 Å². The number of nitrogens with one attached hydrogen (secondary N) is 2. The first-order valence-electron chi connectivity index (χ1n) is 9.21. The number of amides is 2. The summed E-state index contributed by atoms with van der Waals surface area (Å²) in [4.78, 5) is 23.8. The summed E-state index contributed by atoms with van der Waals surface area (Å²) >= 11 is 0. The molecular formula is C21H24N2O4. The molecule has 1 aliphatic heterocycles. The molecule has 0 bridgehead atoms. The van der Waals surface area contributed by atoms with Crippen molar-refractivity contribution in [2.24, 2.45) is 0 Å². The highest BCUT2D eigenvalue weighted by Crippen LogP contribution is 2.31. The van der Waals surface area contributed by atoms with E-state index in [1.165, 1.54) is 0 Å². The largest absolute Gasteiger partial charge is 0.486 e. The number of hydrogen-bond donors (Lipinski definition) is 2. The molecule has 27 heavy (non-hydrogen) atoms. The van der Waals surface area contributed by atoms with E-state index < -0.39 is 0 Å². The molecule has 3 rings (SSSR count). The van der Waals surface area contributed by atoms with Gasteiger partial charge in [0.1, 0.15) is 13.2 Å². The van der Waals surface area contributed by atoms with Gasteiger partial charge in [-0.3, -0.25) is 9.59 Å². The van der Waals surface area contributed by atoms with Crippen LogP contribution in [0.25, 0.3) is 0 Å². The Morgan fingerprint density at radius 2 is 1.63 bits per heavy atom. The van der Waals surface area contributed by atoms with Crippen LogP contribution in [0.4, 0.5) is 0 Å². The molecule has 0 aliphatic carbocycles. The molecule has 2 amide bonds. The average molecular weight is 368 g/mol. The number of fused-ring (bicyclic) bond motifs is 1. The molecule has 0 atom stereocenters. The first-order valence-corrected chi connectivity index (χ1v) is 9.21. The Morgan fingerprint density at radius 1 is 0.889 bits per heavy atom. The third-order valence-electron chi connectivity index (χ3n) is 4.24. The third kappa shape index (κ3) is 5.74. The van der Waals surface area contributed by atoms with Crippen LogP contribution in [0.3, 0.4) is 0 Å². The number of benzene rings is 2. The monoisotopic (exact) mass is 368 g/mol. The Bertz CT molecular complexity index is 777. The van der Waals surface area contributed by atoms with E-state index in [4.69, 9.17) is 9.47 Å². The highest BCUT2D eigenvalue weighted by atomic mass is 16.6. The molecule has 6 heteroatoms. The fourth-order valence-electron chi connectivity index (χ4n) is 2.85. The Balaban J connectivity index is 1.30. The van der Waals surface area contributed by atoms with Crippen molar-refractivity contribution in [3.63, 3.8) is 0 Å². The standard InChI is InChI=1S/C21H24N2O4/c24-20(22-11-12-23-21(25)17-6-2-1-3-7-17)8-4-5-16-9-10-18-19(15-16)27-14-13-26-18/h1-3,6-7,9-10,15H,4-5,8,11-14H2,(H,22,24)(H,23,25). The first kappa shape index (κ1) is 18.8. The van der Waals surface area contributed by atoms with Gasteiger partial charge in [-0.15, -0.1) is 0 Å². The van der Waals surface area contributed by atoms with Gasteiger partial charge in [-0.1, -0.05) is 24.3 Å². The van der Waals surface area contributed by atoms with Crippen molar-refractivity contribution >= 4 is 11.8 Å². The van der Waals surface area contributed by atoms with Crippen LogP contribution >= 0.6 is 0 Å². The lowest BCUT2D eigenvalue weighted by Gasteiger charge is -2.18. The lowest BCUT2D eigenvalue weighted by molar-refractivity contribution is -0.121. The maximum atomic E-state index is 11.9. The van der Waals surface area contributed by atoms with E-state index in [1.54, 1.807) is 12.1 Å². The fourth-order valence-corrected chi connectivity index (χ4v) is 2.85. The highest BCUT2D eigenvalue weighted by Gasteiger charge is 2.11. The summed E-state index contributed by atoms with van der Waals surface area (Å²) in [5, 5.41) is 5.61. The number of rotatable bonds is 8. The number of hydrogen-bond acceptors (Lipinski definition) is 4. The SMILES string of the molecule is O=C(CCCc1ccc2c(c1)OCCO2)NCCNC(=O)c1ccccc1. The zero-order valence-electron chi connectivity index (χ0n) is 15.2. The Kier molecular flexibility index (Phi) is 6.68. The van der Waals surface area contributed by atoms with Gasteiger partial charge >= 0.3 is 0 Å². The lowest BCUT2D eigenvalue weighted by Crippen LogP contribution is -2.34. The number of ether oxygens (including phenoxy) is 2. The molecule has 2 N–H and O–H groups in total. The van der Waals surface area contributed by atoms with Gasteiger partial charge in [0.15, 0.2) is 11.5 Å². The lowest BCUT2D eigenvalue weighted by atomic mass is 10.1. The molecule has 6 nitrogen and oxygen atoms in total. The first-order chi connectivity index (χ1) is 13.2. The van der Waals surface area contributed by atoms with E-state index in [2.05, 4.69) is 10.6 Å². The minimum absolute atomic E-state index is 0.0125. The smallest absolute Gasteiger partial charge is 0.251 e. The van der Waals surface area contributed by atoms with Crippen molar-refractivity contribution in [3.05, 3.63) is 59.7 Å². The molecule has 0 saturated carbocycles. The van der Waals surface area contributed by atoms with Crippen LogP contribution in [0, 0.1) is 0 Å². The molecule has 0 radical (unpaired) electrons. The summed E-state index contributed by atoms with van der Waals surface area (Å²) in [6.45, 7) is 1.97. The van der Waals surface area contributed by atoms with Gasteiger partial charge in [-0.05, 0) is 42.7 Å². The van der Waals surface area contributed by atoms with Crippen LogP contribution in [0.15, 0.2) is 48.5 Å².